The number of rotatable bonds is 7. The number of ether oxygens (including phenoxy) is 2. The summed E-state index contributed by atoms with van der Waals surface area (Å²) in [5, 5.41) is 5.75. The first-order chi connectivity index (χ1) is 15.1. The molecule has 1 saturated heterocycles. The molecule has 1 aromatic carbocycles. The van der Waals surface area contributed by atoms with Crippen LogP contribution in [0.2, 0.25) is 0 Å². The summed E-state index contributed by atoms with van der Waals surface area (Å²) >= 11 is 0. The van der Waals surface area contributed by atoms with Crippen LogP contribution in [-0.4, -0.2) is 48.7 Å². The van der Waals surface area contributed by atoms with E-state index in [1.165, 1.54) is 0 Å². The quantitative estimate of drug-likeness (QED) is 0.594. The first-order valence-electron chi connectivity index (χ1n) is 10.6. The molecule has 3 heterocycles. The van der Waals surface area contributed by atoms with E-state index in [2.05, 4.69) is 26.6 Å². The van der Waals surface area contributed by atoms with Gasteiger partial charge in [0, 0.05) is 24.1 Å². The van der Waals surface area contributed by atoms with Crippen LogP contribution in [0.5, 0.6) is 5.75 Å². The van der Waals surface area contributed by atoms with E-state index in [1.54, 1.807) is 14.0 Å². The Labute approximate surface area is 181 Å². The maximum absolute atomic E-state index is 13.0. The Bertz CT molecular complexity index is 952. The molecule has 2 unspecified atom stereocenters. The average molecular weight is 425 g/mol. The molecule has 3 N–H and O–H groups in total. The van der Waals surface area contributed by atoms with Crippen molar-refractivity contribution < 1.29 is 19.1 Å². The van der Waals surface area contributed by atoms with E-state index < -0.39 is 12.0 Å². The van der Waals surface area contributed by atoms with Gasteiger partial charge in [0.15, 0.2) is 0 Å². The molecule has 0 spiro atoms. The topological polar surface area (TPSA) is 95.7 Å². The lowest BCUT2D eigenvalue weighted by Crippen LogP contribution is -2.48. The van der Waals surface area contributed by atoms with Crippen LogP contribution >= 0.6 is 0 Å². The summed E-state index contributed by atoms with van der Waals surface area (Å²) < 4.78 is 10.6. The summed E-state index contributed by atoms with van der Waals surface area (Å²) in [6.45, 7) is 3.38. The van der Waals surface area contributed by atoms with E-state index in [0.717, 1.165) is 30.6 Å². The third-order valence-corrected chi connectivity index (χ3v) is 5.80. The van der Waals surface area contributed by atoms with Crippen LogP contribution in [0.15, 0.2) is 53.9 Å². The molecule has 2 aliphatic heterocycles. The molecule has 2 atom stereocenters. The highest BCUT2D eigenvalue weighted by Gasteiger charge is 2.36. The van der Waals surface area contributed by atoms with E-state index in [4.69, 9.17) is 9.47 Å². The van der Waals surface area contributed by atoms with Gasteiger partial charge in [-0.25, -0.2) is 9.59 Å². The molecule has 31 heavy (non-hydrogen) atoms. The molecular formula is C23H28N4O4. The second kappa shape index (κ2) is 9.26. The standard InChI is InChI=1S/C23H28N4O4/c1-3-31-22(28)20-18(14-27-13-5-7-19(27)17-6-4-12-24-17)25-23(29)26-21(20)15-8-10-16(30-2)11-9-15/h4,6,8-12,19,21,24H,3,5,7,13-14H2,1-2H3,(H2,25,26,29). The zero-order valence-electron chi connectivity index (χ0n) is 17.8. The number of H-pyrrole nitrogens is 1. The second-order valence-corrected chi connectivity index (χ2v) is 7.67. The molecule has 1 aromatic heterocycles. The summed E-state index contributed by atoms with van der Waals surface area (Å²) in [5.41, 5.74) is 2.95. The van der Waals surface area contributed by atoms with Gasteiger partial charge in [0.1, 0.15) is 5.75 Å². The van der Waals surface area contributed by atoms with Crippen molar-refractivity contribution in [2.45, 2.75) is 31.8 Å². The predicted molar refractivity (Wildman–Crippen MR) is 115 cm³/mol. The third-order valence-electron chi connectivity index (χ3n) is 5.80. The molecule has 2 aliphatic rings. The minimum Gasteiger partial charge on any atom is -0.497 e. The van der Waals surface area contributed by atoms with Gasteiger partial charge in [-0.3, -0.25) is 4.90 Å². The molecule has 0 aliphatic carbocycles. The smallest absolute Gasteiger partial charge is 0.338 e. The van der Waals surface area contributed by atoms with Crippen molar-refractivity contribution >= 4 is 12.0 Å². The number of likely N-dealkylation sites (tertiary alicyclic amines) is 1. The van der Waals surface area contributed by atoms with Crippen molar-refractivity contribution in [1.29, 1.82) is 0 Å². The van der Waals surface area contributed by atoms with Crippen molar-refractivity contribution in [3.8, 4) is 5.75 Å². The molecule has 1 fully saturated rings. The Morgan fingerprint density at radius 2 is 2.03 bits per heavy atom. The monoisotopic (exact) mass is 424 g/mol. The Morgan fingerprint density at radius 3 is 2.71 bits per heavy atom. The number of esters is 1. The average Bonchev–Trinajstić information content (AvgIpc) is 3.45. The molecule has 0 bridgehead atoms. The lowest BCUT2D eigenvalue weighted by atomic mass is 9.94. The van der Waals surface area contributed by atoms with Crippen LogP contribution < -0.4 is 15.4 Å². The summed E-state index contributed by atoms with van der Waals surface area (Å²) in [5.74, 6) is 0.276. The molecule has 2 amide bonds. The number of hydrogen-bond donors (Lipinski definition) is 3. The normalized spacial score (nSPS) is 21.5. The van der Waals surface area contributed by atoms with E-state index in [1.807, 2.05) is 36.5 Å². The van der Waals surface area contributed by atoms with Crippen LogP contribution in [0.3, 0.4) is 0 Å². The SMILES string of the molecule is CCOC(=O)C1=C(CN2CCCC2c2ccc[nH]2)NC(=O)NC1c1ccc(OC)cc1. The van der Waals surface area contributed by atoms with E-state index in [-0.39, 0.29) is 18.7 Å². The zero-order valence-corrected chi connectivity index (χ0v) is 17.8. The van der Waals surface area contributed by atoms with Gasteiger partial charge in [0.2, 0.25) is 0 Å². The highest BCUT2D eigenvalue weighted by molar-refractivity contribution is 5.95. The number of nitrogens with one attached hydrogen (secondary N) is 3. The first-order valence-corrected chi connectivity index (χ1v) is 10.6. The third kappa shape index (κ3) is 4.44. The number of carbonyl (C=O) groups is 2. The fourth-order valence-electron chi connectivity index (χ4n) is 4.36. The minimum atomic E-state index is -0.597. The van der Waals surface area contributed by atoms with Crippen molar-refractivity contribution in [1.82, 2.24) is 20.5 Å². The van der Waals surface area contributed by atoms with E-state index in [9.17, 15) is 9.59 Å². The predicted octanol–water partition coefficient (Wildman–Crippen LogP) is 3.03. The van der Waals surface area contributed by atoms with Crippen LogP contribution in [0.25, 0.3) is 0 Å². The Kier molecular flexibility index (Phi) is 6.27. The van der Waals surface area contributed by atoms with Gasteiger partial charge in [-0.2, -0.15) is 0 Å². The molecule has 8 nitrogen and oxygen atoms in total. The Morgan fingerprint density at radius 1 is 1.23 bits per heavy atom. The lowest BCUT2D eigenvalue weighted by molar-refractivity contribution is -0.139. The summed E-state index contributed by atoms with van der Waals surface area (Å²) in [6.07, 6.45) is 4.00. The van der Waals surface area contributed by atoms with E-state index in [0.29, 0.717) is 23.6 Å². The number of carbonyl (C=O) groups excluding carboxylic acids is 2. The molecule has 2 aromatic rings. The number of aromatic nitrogens is 1. The molecular weight excluding hydrogens is 396 g/mol. The van der Waals surface area contributed by atoms with Gasteiger partial charge in [0.25, 0.3) is 0 Å². The number of amides is 2. The number of aromatic amines is 1. The van der Waals surface area contributed by atoms with Crippen molar-refractivity contribution in [3.63, 3.8) is 0 Å². The van der Waals surface area contributed by atoms with Gasteiger partial charge >= 0.3 is 12.0 Å². The highest BCUT2D eigenvalue weighted by atomic mass is 16.5. The number of benzene rings is 1. The maximum Gasteiger partial charge on any atom is 0.338 e. The zero-order chi connectivity index (χ0) is 21.8. The molecule has 8 heteroatoms. The Balaban J connectivity index is 1.69. The van der Waals surface area contributed by atoms with Crippen molar-refractivity contribution in [2.24, 2.45) is 0 Å². The van der Waals surface area contributed by atoms with E-state index >= 15 is 0 Å². The summed E-state index contributed by atoms with van der Waals surface area (Å²) in [7, 11) is 1.60. The number of methoxy groups -OCH3 is 1. The first kappa shape index (κ1) is 21.0. The molecule has 0 radical (unpaired) electrons. The van der Waals surface area contributed by atoms with Crippen molar-refractivity contribution in [2.75, 3.05) is 26.8 Å². The molecule has 0 saturated carbocycles. The number of urea groups is 1. The van der Waals surface area contributed by atoms with Crippen molar-refractivity contribution in [3.05, 3.63) is 65.1 Å². The highest BCUT2D eigenvalue weighted by Crippen LogP contribution is 2.34. The number of nitrogens with zero attached hydrogens (tertiary/aromatic N) is 1. The largest absolute Gasteiger partial charge is 0.497 e. The molecule has 164 valence electrons. The summed E-state index contributed by atoms with van der Waals surface area (Å²) in [4.78, 5) is 31.1. The lowest BCUT2D eigenvalue weighted by Gasteiger charge is -2.32. The van der Waals surface area contributed by atoms with Gasteiger partial charge in [-0.15, -0.1) is 0 Å². The number of hydrogen-bond acceptors (Lipinski definition) is 5. The van der Waals surface area contributed by atoms with Crippen LogP contribution in [-0.2, 0) is 9.53 Å². The minimum absolute atomic E-state index is 0.220. The summed E-state index contributed by atoms with van der Waals surface area (Å²) in [6, 6.07) is 10.7. The van der Waals surface area contributed by atoms with Gasteiger partial charge in [0.05, 0.1) is 31.4 Å². The fourth-order valence-corrected chi connectivity index (χ4v) is 4.36. The van der Waals surface area contributed by atoms with Gasteiger partial charge in [-0.05, 0) is 56.1 Å². The van der Waals surface area contributed by atoms with Gasteiger partial charge < -0.3 is 25.1 Å². The van der Waals surface area contributed by atoms with Crippen LogP contribution in [0.4, 0.5) is 4.79 Å². The van der Waals surface area contributed by atoms with Crippen LogP contribution in [0, 0.1) is 0 Å². The van der Waals surface area contributed by atoms with Gasteiger partial charge in [-0.1, -0.05) is 12.1 Å². The van der Waals surface area contributed by atoms with Crippen LogP contribution in [0.1, 0.15) is 43.1 Å². The Hall–Kier alpha value is -3.26. The molecule has 4 rings (SSSR count). The fraction of sp³-hybridized carbons (Fsp3) is 0.391. The second-order valence-electron chi connectivity index (χ2n) is 7.67. The maximum atomic E-state index is 13.0.